The molecule has 8 heteroatoms. The lowest BCUT2D eigenvalue weighted by atomic mass is 10.3. The molecular formula is C14H14Cl3N3OS. The van der Waals surface area contributed by atoms with E-state index in [4.69, 9.17) is 34.8 Å². The second kappa shape index (κ2) is 7.59. The van der Waals surface area contributed by atoms with Crippen LogP contribution in [-0.2, 0) is 0 Å². The average molecular weight is 379 g/mol. The van der Waals surface area contributed by atoms with Gasteiger partial charge in [-0.25, -0.2) is 0 Å². The van der Waals surface area contributed by atoms with E-state index in [1.54, 1.807) is 30.0 Å². The van der Waals surface area contributed by atoms with Crippen LogP contribution in [0.5, 0.6) is 0 Å². The summed E-state index contributed by atoms with van der Waals surface area (Å²) in [6.07, 6.45) is 3.53. The van der Waals surface area contributed by atoms with Crippen molar-refractivity contribution in [1.29, 1.82) is 0 Å². The molecule has 2 rings (SSSR count). The molecule has 1 aromatic carbocycles. The molecule has 1 atom stereocenters. The number of hydrogen-bond acceptors (Lipinski definition) is 4. The van der Waals surface area contributed by atoms with Crippen molar-refractivity contribution < 1.29 is 0 Å². The molecule has 1 heterocycles. The van der Waals surface area contributed by atoms with E-state index in [9.17, 15) is 4.79 Å². The maximum absolute atomic E-state index is 12.4. The van der Waals surface area contributed by atoms with Crippen LogP contribution in [0.4, 0.5) is 5.69 Å². The molecule has 4 nitrogen and oxygen atoms in total. The summed E-state index contributed by atoms with van der Waals surface area (Å²) in [5, 5.41) is 8.20. The van der Waals surface area contributed by atoms with Gasteiger partial charge in [0, 0.05) is 16.8 Å². The number of hydrogen-bond donors (Lipinski definition) is 1. The number of nitrogens with zero attached hydrogens (tertiary/aromatic N) is 2. The van der Waals surface area contributed by atoms with Crippen molar-refractivity contribution in [3.63, 3.8) is 0 Å². The molecule has 0 bridgehead atoms. The molecular weight excluding hydrogens is 365 g/mol. The quantitative estimate of drug-likeness (QED) is 0.840. The molecule has 2 aromatic rings. The van der Waals surface area contributed by atoms with Crippen molar-refractivity contribution >= 4 is 52.3 Å². The van der Waals surface area contributed by atoms with Gasteiger partial charge in [0.05, 0.1) is 22.6 Å². The third kappa shape index (κ3) is 3.90. The standard InChI is InChI=1S/C14H14Cl3N3OS/c1-8(7-22-2)19-11-6-18-20(14(21)13(11)17)12-4-3-9(15)5-10(12)16/h3-6,8,19H,7H2,1-2H3. The first kappa shape index (κ1) is 17.5. The summed E-state index contributed by atoms with van der Waals surface area (Å²) in [6.45, 7) is 2.01. The summed E-state index contributed by atoms with van der Waals surface area (Å²) in [7, 11) is 0. The Kier molecular flexibility index (Phi) is 6.03. The zero-order valence-corrected chi connectivity index (χ0v) is 15.0. The Balaban J connectivity index is 2.40. The van der Waals surface area contributed by atoms with Crippen LogP contribution in [0.15, 0.2) is 29.2 Å². The molecule has 0 amide bonds. The van der Waals surface area contributed by atoms with E-state index >= 15 is 0 Å². The zero-order valence-electron chi connectivity index (χ0n) is 11.9. The molecule has 22 heavy (non-hydrogen) atoms. The molecule has 0 aliphatic rings. The molecule has 0 saturated carbocycles. The number of anilines is 1. The number of nitrogens with one attached hydrogen (secondary N) is 1. The van der Waals surface area contributed by atoms with Crippen LogP contribution in [-0.4, -0.2) is 27.8 Å². The van der Waals surface area contributed by atoms with Gasteiger partial charge in [-0.05, 0) is 31.4 Å². The minimum atomic E-state index is -0.438. The molecule has 0 spiro atoms. The lowest BCUT2D eigenvalue weighted by Crippen LogP contribution is -2.25. The average Bonchev–Trinajstić information content (AvgIpc) is 2.45. The van der Waals surface area contributed by atoms with Crippen molar-refractivity contribution in [3.05, 3.63) is 49.8 Å². The summed E-state index contributed by atoms with van der Waals surface area (Å²) < 4.78 is 1.16. The number of halogens is 3. The maximum atomic E-state index is 12.4. The first-order valence-electron chi connectivity index (χ1n) is 6.42. The third-order valence-electron chi connectivity index (χ3n) is 2.88. The van der Waals surface area contributed by atoms with E-state index in [1.807, 2.05) is 13.2 Å². The van der Waals surface area contributed by atoms with Crippen LogP contribution < -0.4 is 10.9 Å². The minimum Gasteiger partial charge on any atom is -0.379 e. The van der Waals surface area contributed by atoms with Crippen molar-refractivity contribution in [2.45, 2.75) is 13.0 Å². The molecule has 0 aliphatic carbocycles. The highest BCUT2D eigenvalue weighted by molar-refractivity contribution is 7.98. The first-order valence-corrected chi connectivity index (χ1v) is 8.95. The predicted molar refractivity (Wildman–Crippen MR) is 96.3 cm³/mol. The van der Waals surface area contributed by atoms with Gasteiger partial charge >= 0.3 is 0 Å². The van der Waals surface area contributed by atoms with Gasteiger partial charge in [-0.3, -0.25) is 4.79 Å². The second-order valence-corrected chi connectivity index (χ2v) is 6.82. The van der Waals surface area contributed by atoms with Crippen molar-refractivity contribution in [2.75, 3.05) is 17.3 Å². The molecule has 1 aromatic heterocycles. The second-order valence-electron chi connectivity index (χ2n) is 4.69. The van der Waals surface area contributed by atoms with Gasteiger partial charge in [0.1, 0.15) is 5.02 Å². The number of rotatable bonds is 5. The smallest absolute Gasteiger partial charge is 0.292 e. The predicted octanol–water partition coefficient (Wildman–Crippen LogP) is 4.36. The summed E-state index contributed by atoms with van der Waals surface area (Å²) in [5.41, 5.74) is 0.503. The van der Waals surface area contributed by atoms with Gasteiger partial charge < -0.3 is 5.32 Å². The van der Waals surface area contributed by atoms with E-state index in [-0.39, 0.29) is 11.1 Å². The maximum Gasteiger partial charge on any atom is 0.292 e. The summed E-state index contributed by atoms with van der Waals surface area (Å²) in [6, 6.07) is 4.98. The molecule has 0 saturated heterocycles. The number of thioether (sulfide) groups is 1. The third-order valence-corrected chi connectivity index (χ3v) is 4.61. The Hall–Kier alpha value is -0.880. The van der Waals surface area contributed by atoms with Crippen molar-refractivity contribution in [2.24, 2.45) is 0 Å². The van der Waals surface area contributed by atoms with E-state index in [0.717, 1.165) is 10.4 Å². The summed E-state index contributed by atoms with van der Waals surface area (Å²) >= 11 is 19.8. The summed E-state index contributed by atoms with van der Waals surface area (Å²) in [5.74, 6) is 0.891. The minimum absolute atomic E-state index is 0.0777. The molecule has 118 valence electrons. The number of aromatic nitrogens is 2. The van der Waals surface area contributed by atoms with Crippen LogP contribution in [0.25, 0.3) is 5.69 Å². The molecule has 0 fully saturated rings. The van der Waals surface area contributed by atoms with E-state index in [0.29, 0.717) is 21.4 Å². The fraction of sp³-hybridized carbons (Fsp3) is 0.286. The monoisotopic (exact) mass is 377 g/mol. The fourth-order valence-corrected chi connectivity index (χ4v) is 3.17. The van der Waals surface area contributed by atoms with Gasteiger partial charge in [-0.2, -0.15) is 21.5 Å². The zero-order chi connectivity index (χ0) is 16.3. The molecule has 0 aliphatic heterocycles. The SMILES string of the molecule is CSCC(C)Nc1cnn(-c2ccc(Cl)cc2Cl)c(=O)c1Cl. The Bertz CT molecular complexity index is 736. The summed E-state index contributed by atoms with van der Waals surface area (Å²) in [4.78, 5) is 12.4. The van der Waals surface area contributed by atoms with Gasteiger partial charge in [-0.1, -0.05) is 34.8 Å². The van der Waals surface area contributed by atoms with Gasteiger partial charge in [-0.15, -0.1) is 0 Å². The van der Waals surface area contributed by atoms with Crippen LogP contribution in [0, 0.1) is 0 Å². The van der Waals surface area contributed by atoms with Gasteiger partial charge in [0.15, 0.2) is 0 Å². The Morgan fingerprint density at radius 3 is 2.73 bits per heavy atom. The largest absolute Gasteiger partial charge is 0.379 e. The van der Waals surface area contributed by atoms with E-state index in [2.05, 4.69) is 10.4 Å². The van der Waals surface area contributed by atoms with Crippen LogP contribution >= 0.6 is 46.6 Å². The van der Waals surface area contributed by atoms with Gasteiger partial charge in [0.2, 0.25) is 0 Å². The van der Waals surface area contributed by atoms with E-state index < -0.39 is 5.56 Å². The Labute approximate surface area is 147 Å². The highest BCUT2D eigenvalue weighted by Crippen LogP contribution is 2.24. The van der Waals surface area contributed by atoms with E-state index in [1.165, 1.54) is 6.20 Å². The fourth-order valence-electron chi connectivity index (χ4n) is 1.92. The lowest BCUT2D eigenvalue weighted by Gasteiger charge is -2.15. The van der Waals surface area contributed by atoms with Gasteiger partial charge in [0.25, 0.3) is 5.56 Å². The Morgan fingerprint density at radius 1 is 1.36 bits per heavy atom. The molecule has 1 unspecified atom stereocenters. The first-order chi connectivity index (χ1) is 10.4. The molecule has 0 radical (unpaired) electrons. The van der Waals surface area contributed by atoms with Crippen molar-refractivity contribution in [1.82, 2.24) is 9.78 Å². The lowest BCUT2D eigenvalue weighted by molar-refractivity contribution is 0.802. The van der Waals surface area contributed by atoms with Crippen LogP contribution in [0.3, 0.4) is 0 Å². The number of benzene rings is 1. The van der Waals surface area contributed by atoms with Crippen LogP contribution in [0.1, 0.15) is 6.92 Å². The molecule has 1 N–H and O–H groups in total. The van der Waals surface area contributed by atoms with Crippen molar-refractivity contribution in [3.8, 4) is 5.69 Å². The van der Waals surface area contributed by atoms with Crippen LogP contribution in [0.2, 0.25) is 15.1 Å². The highest BCUT2D eigenvalue weighted by Gasteiger charge is 2.14. The highest BCUT2D eigenvalue weighted by atomic mass is 35.5. The Morgan fingerprint density at radius 2 is 2.09 bits per heavy atom. The normalized spacial score (nSPS) is 12.2. The topological polar surface area (TPSA) is 46.9 Å².